The van der Waals surface area contributed by atoms with E-state index < -0.39 is 0 Å². The maximum Gasteiger partial charge on any atom is 0.240 e. The predicted octanol–water partition coefficient (Wildman–Crippen LogP) is 1.86. The van der Waals surface area contributed by atoms with E-state index in [-0.39, 0.29) is 11.7 Å². The predicted molar refractivity (Wildman–Crippen MR) is 67.1 cm³/mol. The van der Waals surface area contributed by atoms with Crippen molar-refractivity contribution in [1.82, 2.24) is 5.43 Å². The van der Waals surface area contributed by atoms with E-state index in [1.807, 2.05) is 0 Å². The zero-order valence-electron chi connectivity index (χ0n) is 8.99. The van der Waals surface area contributed by atoms with E-state index in [2.05, 4.69) is 10.5 Å². The molecule has 0 saturated carbocycles. The van der Waals surface area contributed by atoms with Crippen LogP contribution in [0.4, 0.5) is 0 Å². The molecule has 0 aliphatic rings. The molecule has 0 aromatic carbocycles. The normalized spacial score (nSPS) is 10.5. The average Bonchev–Trinajstić information content (AvgIpc) is 2.19. The van der Waals surface area contributed by atoms with Crippen molar-refractivity contribution in [3.8, 4) is 0 Å². The van der Waals surface area contributed by atoms with Crippen LogP contribution in [-0.2, 0) is 9.59 Å². The molecular formula is C9H16N2O2S2. The number of carbonyl (C=O) groups excluding carboxylic acids is 2. The Morgan fingerprint density at radius 2 is 1.87 bits per heavy atom. The van der Waals surface area contributed by atoms with Gasteiger partial charge < -0.3 is 0 Å². The smallest absolute Gasteiger partial charge is 0.240 e. The van der Waals surface area contributed by atoms with Crippen LogP contribution in [0.25, 0.3) is 0 Å². The number of hydrogen-bond acceptors (Lipinski definition) is 5. The number of Topliss-reactive ketones (excluding diaryl/α,β-unsaturated/α-hetero) is 1. The molecule has 4 nitrogen and oxygen atoms in total. The molecule has 0 aromatic rings. The van der Waals surface area contributed by atoms with Crippen molar-refractivity contribution in [3.05, 3.63) is 0 Å². The molecule has 0 rings (SSSR count). The third-order valence-electron chi connectivity index (χ3n) is 1.35. The van der Waals surface area contributed by atoms with Crippen molar-refractivity contribution in [2.24, 2.45) is 5.10 Å². The fraction of sp³-hybridized carbons (Fsp3) is 0.667. The van der Waals surface area contributed by atoms with E-state index in [0.717, 1.165) is 11.5 Å². The van der Waals surface area contributed by atoms with E-state index in [1.165, 1.54) is 6.21 Å². The van der Waals surface area contributed by atoms with Crippen LogP contribution in [0.15, 0.2) is 5.10 Å². The van der Waals surface area contributed by atoms with Gasteiger partial charge in [-0.2, -0.15) is 5.10 Å². The fourth-order valence-corrected chi connectivity index (χ4v) is 2.71. The molecule has 0 aliphatic carbocycles. The van der Waals surface area contributed by atoms with Gasteiger partial charge in [0.25, 0.3) is 0 Å². The summed E-state index contributed by atoms with van der Waals surface area (Å²) in [5, 5.41) is 3.62. The van der Waals surface area contributed by atoms with Crippen molar-refractivity contribution in [2.45, 2.75) is 26.7 Å². The van der Waals surface area contributed by atoms with Gasteiger partial charge in [-0.25, -0.2) is 5.43 Å². The van der Waals surface area contributed by atoms with Crippen LogP contribution in [-0.4, -0.2) is 29.4 Å². The maximum atomic E-state index is 11.0. The van der Waals surface area contributed by atoms with Gasteiger partial charge in [0.15, 0.2) is 0 Å². The van der Waals surface area contributed by atoms with Gasteiger partial charge in [-0.05, 0) is 13.8 Å². The highest BCUT2D eigenvalue weighted by Crippen LogP contribution is 2.22. The third-order valence-corrected chi connectivity index (χ3v) is 3.76. The second kappa shape index (κ2) is 10.0. The van der Waals surface area contributed by atoms with Crippen LogP contribution < -0.4 is 5.43 Å². The number of nitrogens with one attached hydrogen (secondary N) is 1. The molecule has 6 heteroatoms. The molecule has 0 saturated heterocycles. The van der Waals surface area contributed by atoms with Crippen LogP contribution in [0.3, 0.4) is 0 Å². The molecule has 15 heavy (non-hydrogen) atoms. The Labute approximate surface area is 98.0 Å². The summed E-state index contributed by atoms with van der Waals surface area (Å²) in [5.41, 5.74) is 2.40. The molecule has 0 spiro atoms. The van der Waals surface area contributed by atoms with Crippen LogP contribution in [0, 0.1) is 0 Å². The molecule has 0 aliphatic heterocycles. The first-order valence-corrected chi connectivity index (χ1v) is 7.16. The van der Waals surface area contributed by atoms with Gasteiger partial charge in [-0.15, -0.1) is 0 Å². The maximum absolute atomic E-state index is 11.0. The lowest BCUT2D eigenvalue weighted by Crippen LogP contribution is -2.17. The van der Waals surface area contributed by atoms with Gasteiger partial charge in [-0.1, -0.05) is 21.6 Å². The minimum Gasteiger partial charge on any atom is -0.300 e. The number of nitrogens with zero attached hydrogens (tertiary/aromatic N) is 1. The van der Waals surface area contributed by atoms with Crippen LogP contribution in [0.1, 0.15) is 26.7 Å². The fourth-order valence-electron chi connectivity index (χ4n) is 0.630. The minimum atomic E-state index is -0.0761. The van der Waals surface area contributed by atoms with E-state index in [0.29, 0.717) is 12.8 Å². The summed E-state index contributed by atoms with van der Waals surface area (Å²) in [7, 11) is 3.23. The highest BCUT2D eigenvalue weighted by Gasteiger charge is 2.00. The van der Waals surface area contributed by atoms with Gasteiger partial charge in [0, 0.05) is 30.6 Å². The van der Waals surface area contributed by atoms with E-state index in [9.17, 15) is 9.59 Å². The molecule has 0 aromatic heterocycles. The Bertz CT molecular complexity index is 232. The average molecular weight is 248 g/mol. The number of carbonyl (C=O) groups is 2. The molecule has 1 N–H and O–H groups in total. The molecule has 0 heterocycles. The van der Waals surface area contributed by atoms with Crippen molar-refractivity contribution < 1.29 is 9.59 Å². The summed E-state index contributed by atoms with van der Waals surface area (Å²) in [6.45, 7) is 3.33. The summed E-state index contributed by atoms with van der Waals surface area (Å²) in [6, 6.07) is 0. The van der Waals surface area contributed by atoms with Crippen molar-refractivity contribution in [1.29, 1.82) is 0 Å². The quantitative estimate of drug-likeness (QED) is 0.308. The molecule has 0 bridgehead atoms. The number of hydrogen-bond donors (Lipinski definition) is 1. The molecule has 0 atom stereocenters. The monoisotopic (exact) mass is 248 g/mol. The molecule has 0 radical (unpaired) electrons. The Hall–Kier alpha value is -0.490. The largest absolute Gasteiger partial charge is 0.300 e. The van der Waals surface area contributed by atoms with Gasteiger partial charge in [-0.3, -0.25) is 9.59 Å². The van der Waals surface area contributed by atoms with Gasteiger partial charge >= 0.3 is 0 Å². The molecule has 1 amide bonds. The van der Waals surface area contributed by atoms with Gasteiger partial charge in [0.1, 0.15) is 5.78 Å². The minimum absolute atomic E-state index is 0.0761. The lowest BCUT2D eigenvalue weighted by molar-refractivity contribution is -0.120. The highest BCUT2D eigenvalue weighted by molar-refractivity contribution is 8.76. The van der Waals surface area contributed by atoms with Gasteiger partial charge in [0.2, 0.25) is 5.91 Å². The lowest BCUT2D eigenvalue weighted by atomic mass is 10.4. The highest BCUT2D eigenvalue weighted by atomic mass is 33.1. The van der Waals surface area contributed by atoms with E-state index in [1.54, 1.807) is 35.4 Å². The van der Waals surface area contributed by atoms with Crippen molar-refractivity contribution >= 4 is 39.5 Å². The molecule has 86 valence electrons. The van der Waals surface area contributed by atoms with Crippen LogP contribution >= 0.6 is 21.6 Å². The summed E-state index contributed by atoms with van der Waals surface area (Å²) in [4.78, 5) is 21.6. The summed E-state index contributed by atoms with van der Waals surface area (Å²) in [6.07, 6.45) is 2.59. The topological polar surface area (TPSA) is 58.5 Å². The first-order valence-electron chi connectivity index (χ1n) is 4.67. The zero-order valence-corrected chi connectivity index (χ0v) is 10.6. The van der Waals surface area contributed by atoms with Crippen LogP contribution in [0.2, 0.25) is 0 Å². The Balaban J connectivity index is 3.23. The Morgan fingerprint density at radius 1 is 1.27 bits per heavy atom. The Kier molecular flexibility index (Phi) is 9.71. The number of amides is 1. The number of rotatable bonds is 8. The van der Waals surface area contributed by atoms with Crippen molar-refractivity contribution in [3.63, 3.8) is 0 Å². The molecule has 0 unspecified atom stereocenters. The van der Waals surface area contributed by atoms with E-state index in [4.69, 9.17) is 0 Å². The molecular weight excluding hydrogens is 232 g/mol. The van der Waals surface area contributed by atoms with E-state index >= 15 is 0 Å². The third kappa shape index (κ3) is 11.4. The summed E-state index contributed by atoms with van der Waals surface area (Å²) >= 11 is 0. The zero-order chi connectivity index (χ0) is 11.5. The van der Waals surface area contributed by atoms with Gasteiger partial charge in [0.05, 0.1) is 0 Å². The first-order chi connectivity index (χ1) is 7.16. The molecule has 0 fully saturated rings. The second-order valence-corrected chi connectivity index (χ2v) is 5.47. The summed E-state index contributed by atoms with van der Waals surface area (Å²) in [5.74, 6) is 1.69. The van der Waals surface area contributed by atoms with Crippen molar-refractivity contribution in [2.75, 3.05) is 11.5 Å². The number of hydrazone groups is 1. The number of ketones is 1. The Morgan fingerprint density at radius 3 is 2.40 bits per heavy atom. The standard InChI is InChI=1S/C9H16N2O2S2/c1-3-10-11-9(13)5-7-15-14-6-4-8(2)12/h3H,4-7H2,1-2H3,(H,11,13)/b10-3+. The second-order valence-electron chi connectivity index (χ2n) is 2.77. The van der Waals surface area contributed by atoms with Crippen LogP contribution in [0.5, 0.6) is 0 Å². The first kappa shape index (κ1) is 14.5. The lowest BCUT2D eigenvalue weighted by Gasteiger charge is -1.99. The summed E-state index contributed by atoms with van der Waals surface area (Å²) < 4.78 is 0. The SMILES string of the molecule is C/C=N/NC(=O)CCSSCCC(C)=O.